The van der Waals surface area contributed by atoms with Gasteiger partial charge in [0.05, 0.1) is 0 Å². The van der Waals surface area contributed by atoms with Crippen LogP contribution in [0.1, 0.15) is 39.5 Å². The summed E-state index contributed by atoms with van der Waals surface area (Å²) in [5.74, 6) is 0.394. The van der Waals surface area contributed by atoms with E-state index in [2.05, 4.69) is 10.5 Å². The molecule has 0 bridgehead atoms. The maximum absolute atomic E-state index is 10.9. The first kappa shape index (κ1) is 9.23. The Labute approximate surface area is 73.2 Å². The van der Waals surface area contributed by atoms with E-state index in [1.807, 2.05) is 13.8 Å². The summed E-state index contributed by atoms with van der Waals surface area (Å²) in [5, 5.41) is 4.13. The molecule has 0 amide bonds. The zero-order valence-electron chi connectivity index (χ0n) is 7.76. The van der Waals surface area contributed by atoms with Crippen molar-refractivity contribution in [3.63, 3.8) is 0 Å². The van der Waals surface area contributed by atoms with Crippen LogP contribution in [-0.2, 0) is 4.79 Å². The molecule has 0 atom stereocenters. The van der Waals surface area contributed by atoms with Crippen molar-refractivity contribution in [3.05, 3.63) is 0 Å². The lowest BCUT2D eigenvalue weighted by Gasteiger charge is -2.20. The Morgan fingerprint density at radius 1 is 1.42 bits per heavy atom. The normalized spacial score (nSPS) is 19.0. The highest BCUT2D eigenvalue weighted by atomic mass is 16.1. The van der Waals surface area contributed by atoms with Crippen molar-refractivity contribution >= 4 is 11.5 Å². The van der Waals surface area contributed by atoms with Crippen LogP contribution in [0.5, 0.6) is 0 Å². The molecule has 1 saturated carbocycles. The Balaban J connectivity index is 2.26. The molecule has 12 heavy (non-hydrogen) atoms. The highest BCUT2D eigenvalue weighted by Gasteiger charge is 2.17. The molecule has 68 valence electrons. The fourth-order valence-corrected chi connectivity index (χ4v) is 1.29. The molecule has 0 radical (unpaired) electrons. The van der Waals surface area contributed by atoms with Crippen LogP contribution in [0.2, 0.25) is 0 Å². The van der Waals surface area contributed by atoms with E-state index in [1.54, 1.807) is 0 Å². The standard InChI is InChI=1S/C9H16N2O/c1-7(2)10-11-8-3-5-9(12)6-4-8/h8,11H,3-6H2,1-2H3. The predicted octanol–water partition coefficient (Wildman–Crippen LogP) is 1.48. The largest absolute Gasteiger partial charge is 0.307 e. The zero-order chi connectivity index (χ0) is 8.97. The number of carbonyl (C=O) groups is 1. The molecular formula is C9H16N2O. The topological polar surface area (TPSA) is 41.5 Å². The monoisotopic (exact) mass is 168 g/mol. The van der Waals surface area contributed by atoms with Crippen molar-refractivity contribution in [2.24, 2.45) is 5.10 Å². The Morgan fingerprint density at radius 2 is 2.00 bits per heavy atom. The van der Waals surface area contributed by atoms with Crippen molar-refractivity contribution in [2.45, 2.75) is 45.6 Å². The molecule has 1 fully saturated rings. The van der Waals surface area contributed by atoms with E-state index in [0.717, 1.165) is 31.4 Å². The van der Waals surface area contributed by atoms with Crippen molar-refractivity contribution in [1.29, 1.82) is 0 Å². The van der Waals surface area contributed by atoms with Gasteiger partial charge in [0, 0.05) is 24.6 Å². The average molecular weight is 168 g/mol. The van der Waals surface area contributed by atoms with Gasteiger partial charge < -0.3 is 5.43 Å². The van der Waals surface area contributed by atoms with Crippen molar-refractivity contribution in [3.8, 4) is 0 Å². The fourth-order valence-electron chi connectivity index (χ4n) is 1.29. The first-order chi connectivity index (χ1) is 5.68. The summed E-state index contributed by atoms with van der Waals surface area (Å²) in [5.41, 5.74) is 4.11. The molecule has 0 unspecified atom stereocenters. The summed E-state index contributed by atoms with van der Waals surface area (Å²) in [6.45, 7) is 3.92. The predicted molar refractivity (Wildman–Crippen MR) is 49.2 cm³/mol. The summed E-state index contributed by atoms with van der Waals surface area (Å²) >= 11 is 0. The lowest BCUT2D eigenvalue weighted by Crippen LogP contribution is -2.30. The Bertz CT molecular complexity index is 185. The van der Waals surface area contributed by atoms with Crippen LogP contribution in [0.15, 0.2) is 5.10 Å². The van der Waals surface area contributed by atoms with Crippen molar-refractivity contribution in [2.75, 3.05) is 0 Å². The lowest BCUT2D eigenvalue weighted by molar-refractivity contribution is -0.120. The first-order valence-corrected chi connectivity index (χ1v) is 4.46. The highest BCUT2D eigenvalue weighted by molar-refractivity contribution is 5.79. The fraction of sp³-hybridized carbons (Fsp3) is 0.778. The van der Waals surface area contributed by atoms with Crippen LogP contribution < -0.4 is 5.43 Å². The number of hydrogen-bond donors (Lipinski definition) is 1. The summed E-state index contributed by atoms with van der Waals surface area (Å²) in [7, 11) is 0. The molecular weight excluding hydrogens is 152 g/mol. The van der Waals surface area contributed by atoms with Crippen LogP contribution in [0.4, 0.5) is 0 Å². The molecule has 0 saturated heterocycles. The molecule has 0 aliphatic heterocycles. The second kappa shape index (κ2) is 4.24. The summed E-state index contributed by atoms with van der Waals surface area (Å²) in [6, 6.07) is 0.414. The molecule has 1 aliphatic rings. The number of nitrogens with one attached hydrogen (secondary N) is 1. The summed E-state index contributed by atoms with van der Waals surface area (Å²) in [6.07, 6.45) is 3.32. The van der Waals surface area contributed by atoms with E-state index in [-0.39, 0.29) is 0 Å². The zero-order valence-corrected chi connectivity index (χ0v) is 7.76. The molecule has 1 N–H and O–H groups in total. The molecule has 0 heterocycles. The smallest absolute Gasteiger partial charge is 0.133 e. The quantitative estimate of drug-likeness (QED) is 0.501. The van der Waals surface area contributed by atoms with Crippen LogP contribution in [-0.4, -0.2) is 17.5 Å². The van der Waals surface area contributed by atoms with Gasteiger partial charge >= 0.3 is 0 Å². The second-order valence-electron chi connectivity index (χ2n) is 3.50. The minimum Gasteiger partial charge on any atom is -0.307 e. The number of Topliss-reactive ketones (excluding diaryl/α,β-unsaturated/α-hetero) is 1. The van der Waals surface area contributed by atoms with E-state index < -0.39 is 0 Å². The summed E-state index contributed by atoms with van der Waals surface area (Å²) in [4.78, 5) is 10.9. The molecule has 1 aliphatic carbocycles. The van der Waals surface area contributed by atoms with E-state index in [0.29, 0.717) is 11.8 Å². The van der Waals surface area contributed by atoms with E-state index in [9.17, 15) is 4.79 Å². The molecule has 0 aromatic carbocycles. The molecule has 0 aromatic heterocycles. The van der Waals surface area contributed by atoms with E-state index in [4.69, 9.17) is 0 Å². The number of nitrogens with zero attached hydrogens (tertiary/aromatic N) is 1. The van der Waals surface area contributed by atoms with Gasteiger partial charge in [-0.1, -0.05) is 0 Å². The Kier molecular flexibility index (Phi) is 3.26. The van der Waals surface area contributed by atoms with Gasteiger partial charge in [-0.25, -0.2) is 0 Å². The number of hydrazone groups is 1. The number of hydrogen-bond acceptors (Lipinski definition) is 3. The van der Waals surface area contributed by atoms with Gasteiger partial charge in [-0.15, -0.1) is 0 Å². The van der Waals surface area contributed by atoms with Crippen molar-refractivity contribution < 1.29 is 4.79 Å². The third kappa shape index (κ3) is 3.03. The Hall–Kier alpha value is -0.860. The second-order valence-corrected chi connectivity index (χ2v) is 3.50. The maximum Gasteiger partial charge on any atom is 0.133 e. The van der Waals surface area contributed by atoms with Crippen LogP contribution in [0.25, 0.3) is 0 Å². The van der Waals surface area contributed by atoms with Gasteiger partial charge in [0.25, 0.3) is 0 Å². The number of carbonyl (C=O) groups excluding carboxylic acids is 1. The van der Waals surface area contributed by atoms with Gasteiger partial charge in [-0.2, -0.15) is 5.10 Å². The molecule has 0 aromatic rings. The minimum atomic E-state index is 0.394. The van der Waals surface area contributed by atoms with Gasteiger partial charge in [0.1, 0.15) is 5.78 Å². The van der Waals surface area contributed by atoms with Gasteiger partial charge in [0.2, 0.25) is 0 Å². The van der Waals surface area contributed by atoms with Gasteiger partial charge in [-0.3, -0.25) is 4.79 Å². The molecule has 3 nitrogen and oxygen atoms in total. The molecule has 1 rings (SSSR count). The average Bonchev–Trinajstić information content (AvgIpc) is 2.03. The molecule has 0 spiro atoms. The van der Waals surface area contributed by atoms with Gasteiger partial charge in [0.15, 0.2) is 0 Å². The maximum atomic E-state index is 10.9. The summed E-state index contributed by atoms with van der Waals surface area (Å²) < 4.78 is 0. The van der Waals surface area contributed by atoms with Crippen LogP contribution >= 0.6 is 0 Å². The lowest BCUT2D eigenvalue weighted by atomic mass is 9.95. The minimum absolute atomic E-state index is 0.394. The highest BCUT2D eigenvalue weighted by Crippen LogP contribution is 2.14. The van der Waals surface area contributed by atoms with E-state index >= 15 is 0 Å². The number of rotatable bonds is 2. The van der Waals surface area contributed by atoms with Crippen LogP contribution in [0, 0.1) is 0 Å². The third-order valence-corrected chi connectivity index (χ3v) is 2.01. The van der Waals surface area contributed by atoms with Gasteiger partial charge in [-0.05, 0) is 26.7 Å². The Morgan fingerprint density at radius 3 is 2.50 bits per heavy atom. The van der Waals surface area contributed by atoms with Crippen LogP contribution in [0.3, 0.4) is 0 Å². The third-order valence-electron chi connectivity index (χ3n) is 2.01. The number of ketones is 1. The van der Waals surface area contributed by atoms with Crippen molar-refractivity contribution in [1.82, 2.24) is 5.43 Å². The first-order valence-electron chi connectivity index (χ1n) is 4.46. The molecule has 3 heteroatoms. The SMILES string of the molecule is CC(C)=NNC1CCC(=O)CC1. The van der Waals surface area contributed by atoms with E-state index in [1.165, 1.54) is 0 Å².